The van der Waals surface area contributed by atoms with Gasteiger partial charge in [0.25, 0.3) is 0 Å². The van der Waals surface area contributed by atoms with Crippen molar-refractivity contribution in [3.05, 3.63) is 60.2 Å². The van der Waals surface area contributed by atoms with Gasteiger partial charge in [-0.15, -0.1) is 0 Å². The van der Waals surface area contributed by atoms with Gasteiger partial charge in [-0.3, -0.25) is 0 Å². The molecule has 43 heavy (non-hydrogen) atoms. The van der Waals surface area contributed by atoms with E-state index in [0.717, 1.165) is 91.8 Å². The van der Waals surface area contributed by atoms with Gasteiger partial charge in [-0.25, -0.2) is 14.8 Å². The van der Waals surface area contributed by atoms with Crippen molar-refractivity contribution in [3.63, 3.8) is 0 Å². The highest BCUT2D eigenvalue weighted by molar-refractivity contribution is 7.80. The number of hydrogen-bond donors (Lipinski definition) is 4. The third-order valence-corrected chi connectivity index (χ3v) is 7.72. The number of H-pyrrole nitrogens is 2. The van der Waals surface area contributed by atoms with Crippen molar-refractivity contribution in [2.75, 3.05) is 13.1 Å². The van der Waals surface area contributed by atoms with Gasteiger partial charge in [0.2, 0.25) is 0 Å². The number of alkyl carbamates (subject to hydrolysis) is 1. The highest BCUT2D eigenvalue weighted by atomic mass is 32.1. The minimum absolute atomic E-state index is 0.358. The molecule has 0 aliphatic rings. The molecule has 0 fully saturated rings. The van der Waals surface area contributed by atoms with E-state index in [4.69, 9.17) is 34.9 Å². The fourth-order valence-electron chi connectivity index (χ4n) is 4.69. The summed E-state index contributed by atoms with van der Waals surface area (Å²) in [6.07, 6.45) is 17.0. The molecule has 0 aliphatic heterocycles. The summed E-state index contributed by atoms with van der Waals surface area (Å²) in [5.74, 6) is 0. The van der Waals surface area contributed by atoms with Gasteiger partial charge in [0.15, 0.2) is 0 Å². The average Bonchev–Trinajstić information content (AvgIpc) is 3.65. The predicted octanol–water partition coefficient (Wildman–Crippen LogP) is 7.55. The molecule has 4 rings (SSSR count). The zero-order chi connectivity index (χ0) is 31.1. The van der Waals surface area contributed by atoms with Gasteiger partial charge in [-0.05, 0) is 137 Å². The number of nitrogens with two attached hydrogens (primary N) is 1. The second-order valence-corrected chi connectivity index (χ2v) is 12.8. The van der Waals surface area contributed by atoms with Crippen molar-refractivity contribution in [2.24, 2.45) is 5.73 Å². The Kier molecular flexibility index (Phi) is 14.2. The van der Waals surface area contributed by atoms with E-state index in [1.807, 2.05) is 45.6 Å². The number of carbonyl (C=O) groups is 1. The maximum absolute atomic E-state index is 11.5. The molecule has 0 saturated heterocycles. The van der Waals surface area contributed by atoms with Gasteiger partial charge >= 0.3 is 6.09 Å². The number of aromatic amines is 2. The van der Waals surface area contributed by atoms with Crippen LogP contribution in [0.15, 0.2) is 49.1 Å². The highest BCUT2D eigenvalue weighted by Crippen LogP contribution is 2.19. The zero-order valence-electron chi connectivity index (χ0n) is 25.7. The molecular formula is C33H46N6O2S2. The van der Waals surface area contributed by atoms with Crippen molar-refractivity contribution in [3.8, 4) is 0 Å². The largest absolute Gasteiger partial charge is 0.444 e. The summed E-state index contributed by atoms with van der Waals surface area (Å²) >= 11 is 10.9. The van der Waals surface area contributed by atoms with Crippen LogP contribution in [0.3, 0.4) is 0 Å². The van der Waals surface area contributed by atoms with Crippen molar-refractivity contribution in [2.45, 2.75) is 90.6 Å². The van der Waals surface area contributed by atoms with E-state index in [9.17, 15) is 4.79 Å². The molecule has 4 aromatic heterocycles. The van der Waals surface area contributed by atoms with Crippen LogP contribution in [0, 0.1) is 0 Å². The summed E-state index contributed by atoms with van der Waals surface area (Å²) < 4.78 is 5.20. The molecule has 4 heterocycles. The number of nitrogens with one attached hydrogen (secondary N) is 3. The molecule has 8 nitrogen and oxygen atoms in total. The van der Waals surface area contributed by atoms with Crippen LogP contribution in [0.1, 0.15) is 83.3 Å². The number of fused-ring (bicyclic) bond motifs is 2. The number of ether oxygens (including phenoxy) is 1. The van der Waals surface area contributed by atoms with Crippen LogP contribution in [0.2, 0.25) is 0 Å². The molecule has 10 heteroatoms. The van der Waals surface area contributed by atoms with Crippen molar-refractivity contribution in [1.82, 2.24) is 25.3 Å². The second kappa shape index (κ2) is 17.8. The number of pyridine rings is 2. The van der Waals surface area contributed by atoms with Crippen LogP contribution in [0.5, 0.6) is 0 Å². The van der Waals surface area contributed by atoms with E-state index >= 15 is 0 Å². The van der Waals surface area contributed by atoms with Gasteiger partial charge in [-0.2, -0.15) is 0 Å². The molecule has 0 aliphatic carbocycles. The van der Waals surface area contributed by atoms with Gasteiger partial charge in [0.1, 0.15) is 16.9 Å². The topological polar surface area (TPSA) is 122 Å². The number of unbranched alkanes of at least 4 members (excludes halogenated alkanes) is 2. The molecule has 232 valence electrons. The molecule has 0 radical (unpaired) electrons. The second-order valence-electron chi connectivity index (χ2n) is 11.6. The van der Waals surface area contributed by atoms with Gasteiger partial charge in [0, 0.05) is 42.1 Å². The van der Waals surface area contributed by atoms with E-state index in [0.29, 0.717) is 6.54 Å². The lowest BCUT2D eigenvalue weighted by molar-refractivity contribution is 0.0527. The minimum atomic E-state index is -0.455. The fraction of sp³-hybridized carbons (Fsp3) is 0.485. The number of amides is 1. The molecule has 0 aromatic carbocycles. The fourth-order valence-corrected chi connectivity index (χ4v) is 5.18. The summed E-state index contributed by atoms with van der Waals surface area (Å²) in [6, 6.07) is 8.28. The Morgan fingerprint density at radius 1 is 0.814 bits per heavy atom. The summed E-state index contributed by atoms with van der Waals surface area (Å²) in [7, 11) is 0. The van der Waals surface area contributed by atoms with Crippen LogP contribution >= 0.6 is 24.4 Å². The lowest BCUT2D eigenvalue weighted by Gasteiger charge is -2.19. The molecule has 5 N–H and O–H groups in total. The Hall–Kier alpha value is -3.21. The maximum atomic E-state index is 11.5. The molecule has 0 unspecified atom stereocenters. The SMILES string of the molecule is CC(C)(C)OC(=O)NCCCCC(=S)CCc1ccnc2[nH]ccc12.NCCCCC(=S)CCc1ccnc2[nH]ccc12. The Morgan fingerprint density at radius 3 is 1.81 bits per heavy atom. The number of hydrogen-bond acceptors (Lipinski definition) is 7. The first-order chi connectivity index (χ1) is 20.7. The normalized spacial score (nSPS) is 11.3. The van der Waals surface area contributed by atoms with E-state index in [1.54, 1.807) is 0 Å². The molecule has 0 saturated carbocycles. The minimum Gasteiger partial charge on any atom is -0.444 e. The van der Waals surface area contributed by atoms with Crippen molar-refractivity contribution < 1.29 is 9.53 Å². The van der Waals surface area contributed by atoms with E-state index < -0.39 is 5.60 Å². The van der Waals surface area contributed by atoms with Crippen LogP contribution in [-0.2, 0) is 17.6 Å². The number of aryl methyl sites for hydroxylation is 2. The summed E-state index contributed by atoms with van der Waals surface area (Å²) in [5, 5.41) is 5.16. The molecule has 0 spiro atoms. The first-order valence-electron chi connectivity index (χ1n) is 15.2. The quantitative estimate of drug-likeness (QED) is 0.0797. The van der Waals surface area contributed by atoms with Crippen LogP contribution in [0.25, 0.3) is 22.1 Å². The lowest BCUT2D eigenvalue weighted by Crippen LogP contribution is -2.33. The maximum Gasteiger partial charge on any atom is 0.407 e. The Labute approximate surface area is 266 Å². The Balaban J connectivity index is 0.000000248. The number of rotatable bonds is 15. The number of aromatic nitrogens is 4. The van der Waals surface area contributed by atoms with Crippen molar-refractivity contribution >= 4 is 62.3 Å². The first-order valence-corrected chi connectivity index (χ1v) is 16.0. The highest BCUT2D eigenvalue weighted by Gasteiger charge is 2.15. The third kappa shape index (κ3) is 12.5. The van der Waals surface area contributed by atoms with Crippen LogP contribution < -0.4 is 11.1 Å². The summed E-state index contributed by atoms with van der Waals surface area (Å²) in [4.78, 5) is 28.6. The monoisotopic (exact) mass is 622 g/mol. The summed E-state index contributed by atoms with van der Waals surface area (Å²) in [5.41, 5.74) is 9.51. The Bertz CT molecular complexity index is 1460. The Morgan fingerprint density at radius 2 is 1.33 bits per heavy atom. The number of nitrogens with zero attached hydrogens (tertiary/aromatic N) is 2. The molecule has 0 atom stereocenters. The van der Waals surface area contributed by atoms with Gasteiger partial charge < -0.3 is 25.8 Å². The molecular weight excluding hydrogens is 577 g/mol. The van der Waals surface area contributed by atoms with E-state index in [1.165, 1.54) is 21.9 Å². The van der Waals surface area contributed by atoms with Crippen LogP contribution in [0.4, 0.5) is 4.79 Å². The van der Waals surface area contributed by atoms with Crippen LogP contribution in [-0.4, -0.2) is 54.4 Å². The van der Waals surface area contributed by atoms with Gasteiger partial charge in [-0.1, -0.05) is 24.4 Å². The number of carbonyl (C=O) groups excluding carboxylic acids is 1. The lowest BCUT2D eigenvalue weighted by atomic mass is 10.0. The van der Waals surface area contributed by atoms with Crippen molar-refractivity contribution in [1.29, 1.82) is 0 Å². The first kappa shape index (κ1) is 34.3. The standard InChI is InChI=1S/C19H27N3O2S.C14H19N3S/c1-19(2,3)24-18(23)22-11-5-4-6-15(25)8-7-14-9-12-20-17-16(14)10-13-21-17;15-8-2-1-3-12(18)5-4-11-6-9-16-14-13(11)7-10-17-14/h9-10,12-13H,4-8,11H2,1-3H3,(H,20,21)(H,22,23);6-7,9-10H,1-5,8,15H2,(H,16,17). The van der Waals surface area contributed by atoms with E-state index in [-0.39, 0.29) is 6.09 Å². The average molecular weight is 623 g/mol. The smallest absolute Gasteiger partial charge is 0.407 e. The summed E-state index contributed by atoms with van der Waals surface area (Å²) in [6.45, 7) is 6.95. The van der Waals surface area contributed by atoms with Gasteiger partial charge in [0.05, 0.1) is 0 Å². The number of thiocarbonyl (C=S) groups is 2. The molecule has 4 aromatic rings. The zero-order valence-corrected chi connectivity index (χ0v) is 27.3. The van der Waals surface area contributed by atoms with E-state index in [2.05, 4.69) is 49.5 Å². The molecule has 1 amide bonds. The third-order valence-electron chi connectivity index (χ3n) is 6.91. The molecule has 0 bridgehead atoms. The predicted molar refractivity (Wildman–Crippen MR) is 185 cm³/mol.